The number of nitrogens with two attached hydrogens (primary N) is 1. The van der Waals surface area contributed by atoms with Crippen molar-refractivity contribution >= 4 is 11.8 Å². The summed E-state index contributed by atoms with van der Waals surface area (Å²) in [6.45, 7) is 1.29. The summed E-state index contributed by atoms with van der Waals surface area (Å²) in [6, 6.07) is 1.95. The first-order chi connectivity index (χ1) is 9.85. The monoisotopic (exact) mass is 302 g/mol. The Morgan fingerprint density at radius 3 is 2.71 bits per heavy atom. The van der Waals surface area contributed by atoms with Crippen molar-refractivity contribution in [2.75, 3.05) is 13.7 Å². The molecule has 0 aliphatic rings. The number of amides is 1. The van der Waals surface area contributed by atoms with Crippen LogP contribution in [0.25, 0.3) is 0 Å². The van der Waals surface area contributed by atoms with Crippen molar-refractivity contribution in [1.29, 1.82) is 0 Å². The van der Waals surface area contributed by atoms with Gasteiger partial charge >= 0.3 is 11.8 Å². The molecule has 0 fully saturated rings. The van der Waals surface area contributed by atoms with Gasteiger partial charge in [0.15, 0.2) is 5.75 Å². The summed E-state index contributed by atoms with van der Waals surface area (Å²) < 4.78 is 28.2. The minimum atomic E-state index is -0.947. The number of hydrogen-bond donors (Lipinski definition) is 1. The number of nitrogens with zero attached hydrogens (tertiary/aromatic N) is 1. The highest BCUT2D eigenvalue weighted by Gasteiger charge is 2.19. The Morgan fingerprint density at radius 1 is 1.52 bits per heavy atom. The van der Waals surface area contributed by atoms with E-state index < -0.39 is 22.9 Å². The zero-order valence-electron chi connectivity index (χ0n) is 11.5. The second-order valence-corrected chi connectivity index (χ2v) is 4.14. The maximum Gasteiger partial charge on any atom is 0.404 e. The third-order valence-electron chi connectivity index (χ3n) is 2.47. The van der Waals surface area contributed by atoms with Gasteiger partial charge in [-0.1, -0.05) is 0 Å². The van der Waals surface area contributed by atoms with E-state index in [0.29, 0.717) is 0 Å². The number of methoxy groups -OCH3 is 1. The average molecular weight is 302 g/mol. The first kappa shape index (κ1) is 16.6. The molecule has 0 saturated carbocycles. The fraction of sp³-hybridized carbons (Fsp3) is 0.417. The van der Waals surface area contributed by atoms with E-state index in [0.717, 1.165) is 12.1 Å². The van der Waals surface area contributed by atoms with Gasteiger partial charge in [0, 0.05) is 17.7 Å². The Kier molecular flexibility index (Phi) is 5.85. The molecule has 116 valence electrons. The van der Waals surface area contributed by atoms with Crippen molar-refractivity contribution in [2.24, 2.45) is 5.73 Å². The van der Waals surface area contributed by atoms with E-state index in [2.05, 4.69) is 4.74 Å². The number of hydrogen-bond acceptors (Lipinski definition) is 6. The molecule has 1 aromatic rings. The third kappa shape index (κ3) is 4.88. The van der Waals surface area contributed by atoms with Gasteiger partial charge in [0.25, 0.3) is 0 Å². The fourth-order valence-electron chi connectivity index (χ4n) is 1.57. The largest absolute Gasteiger partial charge is 0.490 e. The number of carbonyl (C=O) groups excluding carboxylic acids is 1. The van der Waals surface area contributed by atoms with Gasteiger partial charge in [0.2, 0.25) is 0 Å². The Balaban J connectivity index is 2.73. The SMILES string of the molecule is COc1cc(F)c(COCC(C)OC(N)=O)cc1[N+](=O)[O-]. The summed E-state index contributed by atoms with van der Waals surface area (Å²) in [5.41, 5.74) is 4.45. The first-order valence-corrected chi connectivity index (χ1v) is 5.89. The summed E-state index contributed by atoms with van der Waals surface area (Å²) in [7, 11) is 1.21. The fourth-order valence-corrected chi connectivity index (χ4v) is 1.57. The molecule has 0 bridgehead atoms. The molecule has 8 nitrogen and oxygen atoms in total. The average Bonchev–Trinajstić information content (AvgIpc) is 2.38. The lowest BCUT2D eigenvalue weighted by Gasteiger charge is -2.12. The molecule has 0 aliphatic carbocycles. The number of benzene rings is 1. The molecular formula is C12H15FN2O6. The number of halogens is 1. The van der Waals surface area contributed by atoms with Gasteiger partial charge < -0.3 is 19.9 Å². The van der Waals surface area contributed by atoms with Crippen molar-refractivity contribution in [3.05, 3.63) is 33.6 Å². The van der Waals surface area contributed by atoms with Gasteiger partial charge in [-0.15, -0.1) is 0 Å². The normalized spacial score (nSPS) is 11.8. The number of nitro groups is 1. The van der Waals surface area contributed by atoms with Crippen LogP contribution in [-0.2, 0) is 16.1 Å². The van der Waals surface area contributed by atoms with E-state index in [1.165, 1.54) is 14.0 Å². The highest BCUT2D eigenvalue weighted by atomic mass is 19.1. The van der Waals surface area contributed by atoms with Crippen LogP contribution in [-0.4, -0.2) is 30.8 Å². The van der Waals surface area contributed by atoms with Crippen molar-refractivity contribution in [3.8, 4) is 5.75 Å². The lowest BCUT2D eigenvalue weighted by molar-refractivity contribution is -0.385. The van der Waals surface area contributed by atoms with Gasteiger partial charge in [0.05, 0.1) is 25.2 Å². The highest BCUT2D eigenvalue weighted by molar-refractivity contribution is 5.64. The zero-order valence-corrected chi connectivity index (χ0v) is 11.5. The number of ether oxygens (including phenoxy) is 3. The molecule has 0 spiro atoms. The molecule has 0 heterocycles. The lowest BCUT2D eigenvalue weighted by atomic mass is 10.2. The molecule has 0 radical (unpaired) electrons. The molecule has 1 unspecified atom stereocenters. The summed E-state index contributed by atoms with van der Waals surface area (Å²) in [5.74, 6) is -0.868. The van der Waals surface area contributed by atoms with Crippen LogP contribution >= 0.6 is 0 Å². The Labute approximate surface area is 119 Å². The Bertz CT molecular complexity index is 537. The van der Waals surface area contributed by atoms with E-state index >= 15 is 0 Å². The molecule has 0 aliphatic heterocycles. The van der Waals surface area contributed by atoms with Crippen LogP contribution in [0.4, 0.5) is 14.9 Å². The maximum absolute atomic E-state index is 13.7. The van der Waals surface area contributed by atoms with E-state index in [4.69, 9.17) is 15.2 Å². The Morgan fingerprint density at radius 2 is 2.19 bits per heavy atom. The molecule has 0 aromatic heterocycles. The van der Waals surface area contributed by atoms with Gasteiger partial charge in [-0.25, -0.2) is 9.18 Å². The molecule has 2 N–H and O–H groups in total. The first-order valence-electron chi connectivity index (χ1n) is 5.89. The molecule has 1 amide bonds. The van der Waals surface area contributed by atoms with Gasteiger partial charge in [-0.05, 0) is 6.92 Å². The van der Waals surface area contributed by atoms with Crippen molar-refractivity contribution in [2.45, 2.75) is 19.6 Å². The summed E-state index contributed by atoms with van der Waals surface area (Å²) in [5, 5.41) is 10.8. The predicted octanol–water partition coefficient (Wildman–Crippen LogP) is 1.74. The van der Waals surface area contributed by atoms with Crippen molar-refractivity contribution in [1.82, 2.24) is 0 Å². The predicted molar refractivity (Wildman–Crippen MR) is 69.4 cm³/mol. The van der Waals surface area contributed by atoms with E-state index in [-0.39, 0.29) is 30.2 Å². The topological polar surface area (TPSA) is 114 Å². The molecule has 9 heteroatoms. The van der Waals surface area contributed by atoms with Crippen molar-refractivity contribution < 1.29 is 28.3 Å². The van der Waals surface area contributed by atoms with Crippen LogP contribution in [0.3, 0.4) is 0 Å². The van der Waals surface area contributed by atoms with E-state index in [1.807, 2.05) is 0 Å². The number of rotatable bonds is 7. The van der Waals surface area contributed by atoms with Gasteiger partial charge in [0.1, 0.15) is 11.9 Å². The highest BCUT2D eigenvalue weighted by Crippen LogP contribution is 2.30. The molecule has 21 heavy (non-hydrogen) atoms. The zero-order chi connectivity index (χ0) is 16.0. The van der Waals surface area contributed by atoms with Crippen LogP contribution in [0.1, 0.15) is 12.5 Å². The van der Waals surface area contributed by atoms with E-state index in [1.54, 1.807) is 0 Å². The van der Waals surface area contributed by atoms with Crippen LogP contribution in [0, 0.1) is 15.9 Å². The molecule has 1 aromatic carbocycles. The number of carbonyl (C=O) groups is 1. The van der Waals surface area contributed by atoms with E-state index in [9.17, 15) is 19.3 Å². The summed E-state index contributed by atoms with van der Waals surface area (Å²) in [4.78, 5) is 20.6. The summed E-state index contributed by atoms with van der Waals surface area (Å²) >= 11 is 0. The van der Waals surface area contributed by atoms with Crippen molar-refractivity contribution in [3.63, 3.8) is 0 Å². The smallest absolute Gasteiger partial charge is 0.404 e. The van der Waals surface area contributed by atoms with Crippen LogP contribution in [0.15, 0.2) is 12.1 Å². The molecule has 1 rings (SSSR count). The van der Waals surface area contributed by atoms with Gasteiger partial charge in [-0.3, -0.25) is 10.1 Å². The standard InChI is InChI=1S/C12H15FN2O6/c1-7(21-12(14)16)5-20-6-8-3-10(15(17)18)11(19-2)4-9(8)13/h3-4,7H,5-6H2,1-2H3,(H2,14,16). The minimum Gasteiger partial charge on any atom is -0.490 e. The van der Waals surface area contributed by atoms with Crippen LogP contribution in [0.2, 0.25) is 0 Å². The minimum absolute atomic E-state index is 0.00576. The molecular weight excluding hydrogens is 287 g/mol. The lowest BCUT2D eigenvalue weighted by Crippen LogP contribution is -2.24. The molecule has 0 saturated heterocycles. The molecule has 1 atom stereocenters. The van der Waals surface area contributed by atoms with Crippen LogP contribution in [0.5, 0.6) is 5.75 Å². The quantitative estimate of drug-likeness (QED) is 0.606. The second kappa shape index (κ2) is 7.39. The third-order valence-corrected chi connectivity index (χ3v) is 2.47. The number of primary amides is 1. The van der Waals surface area contributed by atoms with Crippen LogP contribution < -0.4 is 10.5 Å². The Hall–Kier alpha value is -2.42. The second-order valence-electron chi connectivity index (χ2n) is 4.14. The number of nitro benzene ring substituents is 1. The maximum atomic E-state index is 13.7. The summed E-state index contributed by atoms with van der Waals surface area (Å²) in [6.07, 6.45) is -1.56. The van der Waals surface area contributed by atoms with Gasteiger partial charge in [-0.2, -0.15) is 0 Å².